The molecule has 0 bridgehead atoms. The van der Waals surface area contributed by atoms with E-state index in [1.54, 1.807) is 0 Å². The second-order valence-electron chi connectivity index (χ2n) is 2.31. The number of hydrogen-bond donors (Lipinski definition) is 1. The van der Waals surface area contributed by atoms with Gasteiger partial charge in [-0.15, -0.1) is 12.4 Å². The average molecular weight is 237 g/mol. The third-order valence-corrected chi connectivity index (χ3v) is 2.12. The Morgan fingerprint density at radius 2 is 1.91 bits per heavy atom. The van der Waals surface area contributed by atoms with Crippen molar-refractivity contribution in [1.29, 1.82) is 0 Å². The van der Waals surface area contributed by atoms with Crippen molar-refractivity contribution >= 4 is 28.3 Å². The van der Waals surface area contributed by atoms with E-state index in [-0.39, 0.29) is 18.4 Å². The Morgan fingerprint density at radius 1 is 1.36 bits per heavy atom. The molecule has 1 rings (SSSR count). The summed E-state index contributed by atoms with van der Waals surface area (Å²) < 4.78 is 1.09. The van der Waals surface area contributed by atoms with Crippen LogP contribution < -0.4 is 5.73 Å². The molecular formula is C8H11BrClN. The standard InChI is InChI=1S/C8H10BrN.ClH/c1-6(10)7-4-2-3-5-8(7)9;/h2-6H,10H2,1H3;1H. The molecule has 62 valence electrons. The van der Waals surface area contributed by atoms with Crippen LogP contribution in [0.25, 0.3) is 0 Å². The molecule has 1 unspecified atom stereocenters. The van der Waals surface area contributed by atoms with E-state index in [2.05, 4.69) is 15.9 Å². The van der Waals surface area contributed by atoms with E-state index >= 15 is 0 Å². The first kappa shape index (κ1) is 11.0. The van der Waals surface area contributed by atoms with Crippen molar-refractivity contribution in [3.05, 3.63) is 34.3 Å². The third-order valence-electron chi connectivity index (χ3n) is 1.40. The highest BCUT2D eigenvalue weighted by Crippen LogP contribution is 2.20. The van der Waals surface area contributed by atoms with Gasteiger partial charge in [0.25, 0.3) is 0 Å². The Hall–Kier alpha value is -0.0500. The summed E-state index contributed by atoms with van der Waals surface area (Å²) in [5.74, 6) is 0. The molecule has 0 spiro atoms. The van der Waals surface area contributed by atoms with Crippen molar-refractivity contribution in [2.24, 2.45) is 5.73 Å². The summed E-state index contributed by atoms with van der Waals surface area (Å²) in [4.78, 5) is 0. The minimum Gasteiger partial charge on any atom is -0.324 e. The third kappa shape index (κ3) is 2.81. The predicted molar refractivity (Wildman–Crippen MR) is 54.0 cm³/mol. The Labute approximate surface area is 81.5 Å². The minimum absolute atomic E-state index is 0. The predicted octanol–water partition coefficient (Wildman–Crippen LogP) is 2.89. The van der Waals surface area contributed by atoms with Crippen LogP contribution in [0.15, 0.2) is 28.7 Å². The SMILES string of the molecule is CC(N)c1ccccc1Br.Cl. The number of halogens is 2. The van der Waals surface area contributed by atoms with Crippen molar-refractivity contribution < 1.29 is 0 Å². The molecule has 0 radical (unpaired) electrons. The van der Waals surface area contributed by atoms with E-state index < -0.39 is 0 Å². The first-order chi connectivity index (χ1) is 4.72. The van der Waals surface area contributed by atoms with E-state index in [0.717, 1.165) is 10.0 Å². The van der Waals surface area contributed by atoms with Gasteiger partial charge in [-0.25, -0.2) is 0 Å². The fourth-order valence-electron chi connectivity index (χ4n) is 0.844. The van der Waals surface area contributed by atoms with Crippen molar-refractivity contribution in [3.63, 3.8) is 0 Å². The fraction of sp³-hybridized carbons (Fsp3) is 0.250. The van der Waals surface area contributed by atoms with Gasteiger partial charge in [0, 0.05) is 10.5 Å². The van der Waals surface area contributed by atoms with Crippen LogP contribution in [-0.4, -0.2) is 0 Å². The molecule has 0 aliphatic rings. The minimum atomic E-state index is 0. The van der Waals surface area contributed by atoms with Crippen molar-refractivity contribution in [1.82, 2.24) is 0 Å². The lowest BCUT2D eigenvalue weighted by Crippen LogP contribution is -2.05. The number of hydrogen-bond acceptors (Lipinski definition) is 1. The van der Waals surface area contributed by atoms with Gasteiger partial charge in [0.05, 0.1) is 0 Å². The lowest BCUT2D eigenvalue weighted by Gasteiger charge is -2.06. The molecule has 0 saturated heterocycles. The molecule has 1 aromatic rings. The molecule has 3 heteroatoms. The zero-order valence-electron chi connectivity index (χ0n) is 6.25. The van der Waals surface area contributed by atoms with Crippen LogP contribution in [0.4, 0.5) is 0 Å². The van der Waals surface area contributed by atoms with Gasteiger partial charge in [-0.3, -0.25) is 0 Å². The van der Waals surface area contributed by atoms with Crippen molar-refractivity contribution in [2.75, 3.05) is 0 Å². The number of benzene rings is 1. The molecule has 1 aromatic carbocycles. The van der Waals surface area contributed by atoms with Crippen LogP contribution in [0.3, 0.4) is 0 Å². The summed E-state index contributed by atoms with van der Waals surface area (Å²) in [5, 5.41) is 0. The number of nitrogens with two attached hydrogens (primary N) is 1. The maximum Gasteiger partial charge on any atom is 0.0277 e. The normalized spacial score (nSPS) is 11.9. The van der Waals surface area contributed by atoms with Gasteiger partial charge in [0.15, 0.2) is 0 Å². The lowest BCUT2D eigenvalue weighted by atomic mass is 10.1. The second-order valence-corrected chi connectivity index (χ2v) is 3.16. The van der Waals surface area contributed by atoms with Crippen molar-refractivity contribution in [2.45, 2.75) is 13.0 Å². The van der Waals surface area contributed by atoms with E-state index in [1.165, 1.54) is 0 Å². The van der Waals surface area contributed by atoms with Gasteiger partial charge < -0.3 is 5.73 Å². The lowest BCUT2D eigenvalue weighted by molar-refractivity contribution is 0.813. The van der Waals surface area contributed by atoms with Gasteiger partial charge in [0.1, 0.15) is 0 Å². The molecule has 11 heavy (non-hydrogen) atoms. The van der Waals surface area contributed by atoms with Crippen LogP contribution in [0.1, 0.15) is 18.5 Å². The Balaban J connectivity index is 0.000001000. The summed E-state index contributed by atoms with van der Waals surface area (Å²) in [6, 6.07) is 8.10. The van der Waals surface area contributed by atoms with E-state index in [9.17, 15) is 0 Å². The van der Waals surface area contributed by atoms with Gasteiger partial charge in [-0.2, -0.15) is 0 Å². The molecule has 0 amide bonds. The molecule has 0 aliphatic heterocycles. The van der Waals surface area contributed by atoms with Crippen LogP contribution in [0, 0.1) is 0 Å². The van der Waals surface area contributed by atoms with Gasteiger partial charge in [-0.1, -0.05) is 34.1 Å². The molecule has 0 aromatic heterocycles. The zero-order valence-corrected chi connectivity index (χ0v) is 8.65. The number of rotatable bonds is 1. The van der Waals surface area contributed by atoms with E-state index in [1.807, 2.05) is 31.2 Å². The topological polar surface area (TPSA) is 26.0 Å². The van der Waals surface area contributed by atoms with Crippen LogP contribution in [-0.2, 0) is 0 Å². The van der Waals surface area contributed by atoms with Crippen LogP contribution >= 0.6 is 28.3 Å². The van der Waals surface area contributed by atoms with Gasteiger partial charge in [0.2, 0.25) is 0 Å². The summed E-state index contributed by atoms with van der Waals surface area (Å²) in [7, 11) is 0. The highest BCUT2D eigenvalue weighted by Gasteiger charge is 2.01. The van der Waals surface area contributed by atoms with Gasteiger partial charge >= 0.3 is 0 Å². The summed E-state index contributed by atoms with van der Waals surface area (Å²) in [6.07, 6.45) is 0. The molecule has 1 nitrogen and oxygen atoms in total. The molecular weight excluding hydrogens is 225 g/mol. The maximum absolute atomic E-state index is 5.68. The first-order valence-electron chi connectivity index (χ1n) is 3.22. The maximum atomic E-state index is 5.68. The average Bonchev–Trinajstić information content (AvgIpc) is 1.88. The monoisotopic (exact) mass is 235 g/mol. The summed E-state index contributed by atoms with van der Waals surface area (Å²) in [6.45, 7) is 1.97. The molecule has 0 saturated carbocycles. The van der Waals surface area contributed by atoms with Crippen LogP contribution in [0.5, 0.6) is 0 Å². The highest BCUT2D eigenvalue weighted by atomic mass is 79.9. The molecule has 2 N–H and O–H groups in total. The van der Waals surface area contributed by atoms with E-state index in [4.69, 9.17) is 5.73 Å². The molecule has 0 aliphatic carbocycles. The Kier molecular flexibility index (Phi) is 4.73. The Morgan fingerprint density at radius 3 is 2.27 bits per heavy atom. The quantitative estimate of drug-likeness (QED) is 0.797. The Bertz CT molecular complexity index is 225. The summed E-state index contributed by atoms with van der Waals surface area (Å²) >= 11 is 3.42. The van der Waals surface area contributed by atoms with Gasteiger partial charge in [-0.05, 0) is 18.6 Å². The second kappa shape index (κ2) is 4.75. The largest absolute Gasteiger partial charge is 0.324 e. The van der Waals surface area contributed by atoms with E-state index in [0.29, 0.717) is 0 Å². The molecule has 0 fully saturated rings. The highest BCUT2D eigenvalue weighted by molar-refractivity contribution is 9.10. The summed E-state index contributed by atoms with van der Waals surface area (Å²) in [5.41, 5.74) is 6.84. The fourth-order valence-corrected chi connectivity index (χ4v) is 1.49. The molecule has 1 atom stereocenters. The first-order valence-corrected chi connectivity index (χ1v) is 4.01. The molecule has 0 heterocycles. The van der Waals surface area contributed by atoms with Crippen LogP contribution in [0.2, 0.25) is 0 Å². The smallest absolute Gasteiger partial charge is 0.0277 e. The zero-order chi connectivity index (χ0) is 7.56. The van der Waals surface area contributed by atoms with Crippen molar-refractivity contribution in [3.8, 4) is 0 Å².